The number of hydrogen-bond donors (Lipinski definition) is 1. The molecule has 0 amide bonds. The maximum absolute atomic E-state index is 11.6. The first kappa shape index (κ1) is 29.4. The molecule has 0 fully saturated rings. The minimum Gasteiger partial charge on any atom is -0.489 e. The fourth-order valence-corrected chi connectivity index (χ4v) is 4.13. The fraction of sp³-hybridized carbons (Fsp3) is 0.321. The van der Waals surface area contributed by atoms with Crippen LogP contribution in [0.15, 0.2) is 62.6 Å². The Morgan fingerprint density at radius 3 is 2.45 bits per heavy atom. The second kappa shape index (κ2) is 13.1. The van der Waals surface area contributed by atoms with Crippen molar-refractivity contribution in [3.63, 3.8) is 0 Å². The molecule has 0 unspecified atom stereocenters. The van der Waals surface area contributed by atoms with Crippen molar-refractivity contribution in [2.45, 2.75) is 53.4 Å². The minimum atomic E-state index is -0.902. The van der Waals surface area contributed by atoms with E-state index in [1.807, 2.05) is 44.2 Å². The standard InChI is InChI=1S/C28H31N3O6.Na/c1-17-14-25(35-13-12-18(2)32)29-20(4)26(17)24-7-5-6-22(19(24)3)16-36-23-10-8-21(9-11-23)15-31-27(33)30-28(34)37-31;/h5-11,14,18,32H,12-13,15-16H2,1-4H3,(H,30,33,34);/q;+1/p-1/t18-;/m0./s1. The molecule has 194 valence electrons. The van der Waals surface area contributed by atoms with Crippen LogP contribution in [0.3, 0.4) is 0 Å². The summed E-state index contributed by atoms with van der Waals surface area (Å²) < 4.78 is 17.4. The van der Waals surface area contributed by atoms with Crippen molar-refractivity contribution >= 4 is 0 Å². The average molecular weight is 528 g/mol. The Morgan fingerprint density at radius 1 is 1.08 bits per heavy atom. The average Bonchev–Trinajstić information content (AvgIpc) is 3.16. The number of pyridine rings is 1. The van der Waals surface area contributed by atoms with Gasteiger partial charge in [0.15, 0.2) is 5.69 Å². The van der Waals surface area contributed by atoms with E-state index in [0.29, 0.717) is 31.3 Å². The Labute approximate surface area is 242 Å². The molecule has 1 atom stereocenters. The van der Waals surface area contributed by atoms with Gasteiger partial charge in [-0.2, -0.15) is 0 Å². The number of benzene rings is 2. The summed E-state index contributed by atoms with van der Waals surface area (Å²) in [7, 11) is 0. The number of aryl methyl sites for hydroxylation is 2. The summed E-state index contributed by atoms with van der Waals surface area (Å²) in [6.45, 7) is 8.73. The van der Waals surface area contributed by atoms with Crippen LogP contribution in [0, 0.1) is 20.8 Å². The van der Waals surface area contributed by atoms with Gasteiger partial charge in [0, 0.05) is 30.3 Å². The first-order valence-electron chi connectivity index (χ1n) is 12.1. The van der Waals surface area contributed by atoms with E-state index in [-0.39, 0.29) is 36.1 Å². The van der Waals surface area contributed by atoms with Crippen LogP contribution in [0.4, 0.5) is 0 Å². The van der Waals surface area contributed by atoms with Crippen molar-refractivity contribution in [2.75, 3.05) is 6.61 Å². The Morgan fingerprint density at radius 2 is 1.82 bits per heavy atom. The summed E-state index contributed by atoms with van der Waals surface area (Å²) in [5.74, 6) is 0.332. The molecular weight excluding hydrogens is 497 g/mol. The first-order chi connectivity index (χ1) is 17.7. The summed E-state index contributed by atoms with van der Waals surface area (Å²) in [6, 6.07) is 15.3. The van der Waals surface area contributed by atoms with Crippen LogP contribution in [0.25, 0.3) is 11.1 Å². The SMILES string of the molecule is Cc1cc(OCC[C@H](C)O)nc(C)c1-c1cccc(COc2ccc(Cn3oc(=O)[n-]c3=O)cc2)c1C.[Na+]. The third kappa shape index (κ3) is 7.26. The van der Waals surface area contributed by atoms with Crippen molar-refractivity contribution in [1.82, 2.24) is 14.7 Å². The Bertz CT molecular complexity index is 1460. The number of rotatable bonds is 10. The summed E-state index contributed by atoms with van der Waals surface area (Å²) in [5.41, 5.74) is 6.31. The first-order valence-corrected chi connectivity index (χ1v) is 12.1. The molecule has 4 aromatic rings. The quantitative estimate of drug-likeness (QED) is 0.297. The summed E-state index contributed by atoms with van der Waals surface area (Å²) >= 11 is 0. The van der Waals surface area contributed by atoms with E-state index in [4.69, 9.17) is 14.0 Å². The predicted octanol–water partition coefficient (Wildman–Crippen LogP) is 0.527. The number of nitrogens with zero attached hydrogens (tertiary/aromatic N) is 3. The molecule has 2 aromatic carbocycles. The van der Waals surface area contributed by atoms with Gasteiger partial charge in [0.25, 0.3) is 0 Å². The summed E-state index contributed by atoms with van der Waals surface area (Å²) in [4.78, 5) is 30.5. The van der Waals surface area contributed by atoms with Crippen LogP contribution < -0.4 is 55.5 Å². The molecule has 2 aromatic heterocycles. The maximum Gasteiger partial charge on any atom is 1.00 e. The Kier molecular flexibility index (Phi) is 10.2. The van der Waals surface area contributed by atoms with Crippen LogP contribution >= 0.6 is 0 Å². The maximum atomic E-state index is 11.6. The topological polar surface area (TPSA) is 118 Å². The van der Waals surface area contributed by atoms with Crippen LogP contribution in [-0.4, -0.2) is 27.5 Å². The molecule has 1 N–H and O–H groups in total. The molecule has 0 aliphatic carbocycles. The molecule has 0 aliphatic heterocycles. The number of aliphatic hydroxyl groups excluding tert-OH is 1. The van der Waals surface area contributed by atoms with E-state index in [1.165, 1.54) is 0 Å². The summed E-state index contributed by atoms with van der Waals surface area (Å²) in [6.07, 6.45) is 0.139. The van der Waals surface area contributed by atoms with Crippen molar-refractivity contribution in [1.29, 1.82) is 0 Å². The fourth-order valence-electron chi connectivity index (χ4n) is 4.13. The van der Waals surface area contributed by atoms with E-state index >= 15 is 0 Å². The van der Waals surface area contributed by atoms with Gasteiger partial charge in [-0.25, -0.2) is 9.78 Å². The van der Waals surface area contributed by atoms with Gasteiger partial charge in [0.05, 0.1) is 12.7 Å². The molecular formula is C28H30N3NaO6. The largest absolute Gasteiger partial charge is 1.00 e. The smallest absolute Gasteiger partial charge is 0.489 e. The second-order valence-corrected chi connectivity index (χ2v) is 9.03. The predicted molar refractivity (Wildman–Crippen MR) is 138 cm³/mol. The minimum absolute atomic E-state index is 0. The van der Waals surface area contributed by atoms with Gasteiger partial charge >= 0.3 is 35.3 Å². The van der Waals surface area contributed by atoms with E-state index in [2.05, 4.69) is 23.0 Å². The normalized spacial score (nSPS) is 11.6. The van der Waals surface area contributed by atoms with Crippen molar-refractivity contribution in [3.05, 3.63) is 97.5 Å². The summed E-state index contributed by atoms with van der Waals surface area (Å²) in [5, 5.41) is 9.44. The van der Waals surface area contributed by atoms with Crippen LogP contribution in [-0.2, 0) is 13.2 Å². The van der Waals surface area contributed by atoms with Gasteiger partial charge in [-0.05, 0) is 67.6 Å². The van der Waals surface area contributed by atoms with E-state index in [1.54, 1.807) is 19.1 Å². The van der Waals surface area contributed by atoms with E-state index in [9.17, 15) is 14.7 Å². The van der Waals surface area contributed by atoms with Crippen molar-refractivity contribution in [2.24, 2.45) is 0 Å². The van der Waals surface area contributed by atoms with Gasteiger partial charge in [0.2, 0.25) is 5.88 Å². The number of ether oxygens (including phenoxy) is 2. The molecule has 0 aliphatic rings. The zero-order valence-electron chi connectivity index (χ0n) is 22.4. The van der Waals surface area contributed by atoms with Gasteiger partial charge < -0.3 is 24.1 Å². The molecule has 0 spiro atoms. The van der Waals surface area contributed by atoms with Gasteiger partial charge in [-0.15, -0.1) is 0 Å². The number of hydrogen-bond acceptors (Lipinski definition) is 7. The third-order valence-corrected chi connectivity index (χ3v) is 6.11. The molecule has 0 radical (unpaired) electrons. The zero-order chi connectivity index (χ0) is 26.5. The third-order valence-electron chi connectivity index (χ3n) is 6.11. The van der Waals surface area contributed by atoms with E-state index in [0.717, 1.165) is 43.8 Å². The molecule has 0 saturated heterocycles. The molecule has 38 heavy (non-hydrogen) atoms. The molecule has 10 heteroatoms. The number of aliphatic hydroxyl groups is 1. The molecule has 9 nitrogen and oxygen atoms in total. The molecule has 0 bridgehead atoms. The van der Waals surface area contributed by atoms with Crippen molar-refractivity contribution in [3.8, 4) is 22.8 Å². The van der Waals surface area contributed by atoms with E-state index < -0.39 is 17.5 Å². The van der Waals surface area contributed by atoms with Gasteiger partial charge in [-0.1, -0.05) is 30.3 Å². The molecule has 2 heterocycles. The molecule has 4 rings (SSSR count). The molecule has 0 saturated carbocycles. The Balaban J connectivity index is 0.00000400. The second-order valence-electron chi connectivity index (χ2n) is 9.03. The van der Waals surface area contributed by atoms with Gasteiger partial charge in [-0.3, -0.25) is 9.53 Å². The Hall–Kier alpha value is -3.11. The monoisotopic (exact) mass is 527 g/mol. The van der Waals surface area contributed by atoms with Crippen LogP contribution in [0.1, 0.15) is 41.3 Å². The zero-order valence-corrected chi connectivity index (χ0v) is 24.4. The van der Waals surface area contributed by atoms with Crippen LogP contribution in [0.5, 0.6) is 11.6 Å². The van der Waals surface area contributed by atoms with Gasteiger partial charge in [0.1, 0.15) is 12.4 Å². The number of aromatic nitrogens is 3. The van der Waals surface area contributed by atoms with Crippen molar-refractivity contribution < 1.29 is 48.7 Å². The van der Waals surface area contributed by atoms with Crippen LogP contribution in [0.2, 0.25) is 0 Å².